The molecule has 4 nitrogen and oxygen atoms in total. The zero-order valence-corrected chi connectivity index (χ0v) is 10.8. The largest absolute Gasteiger partial charge is 0.481 e. The molecule has 0 spiro atoms. The normalized spacial score (nSPS) is 15.3. The van der Waals surface area contributed by atoms with Gasteiger partial charge < -0.3 is 9.84 Å². The first-order chi connectivity index (χ1) is 7.19. The summed E-state index contributed by atoms with van der Waals surface area (Å²) < 4.78 is 4.75. The first kappa shape index (κ1) is 14.9. The summed E-state index contributed by atoms with van der Waals surface area (Å²) in [5, 5.41) is 8.99. The zero-order chi connectivity index (χ0) is 13.0. The van der Waals surface area contributed by atoms with Gasteiger partial charge in [0.05, 0.1) is 17.9 Å². The van der Waals surface area contributed by atoms with Gasteiger partial charge in [-0.2, -0.15) is 0 Å². The second-order valence-electron chi connectivity index (χ2n) is 5.09. The van der Waals surface area contributed by atoms with E-state index in [0.29, 0.717) is 19.3 Å². The van der Waals surface area contributed by atoms with Crippen molar-refractivity contribution in [3.8, 4) is 0 Å². The summed E-state index contributed by atoms with van der Waals surface area (Å²) in [7, 11) is 1.36. The number of methoxy groups -OCH3 is 1. The average molecular weight is 230 g/mol. The molecule has 0 rings (SSSR count). The number of carboxylic acid groups (broad SMARTS) is 1. The van der Waals surface area contributed by atoms with Gasteiger partial charge in [-0.3, -0.25) is 9.59 Å². The van der Waals surface area contributed by atoms with Gasteiger partial charge in [-0.25, -0.2) is 0 Å². The fraction of sp³-hybridized carbons (Fsp3) is 0.833. The van der Waals surface area contributed by atoms with E-state index in [4.69, 9.17) is 9.84 Å². The van der Waals surface area contributed by atoms with Crippen LogP contribution >= 0.6 is 0 Å². The molecular weight excluding hydrogens is 208 g/mol. The van der Waals surface area contributed by atoms with Crippen LogP contribution in [0.2, 0.25) is 0 Å². The van der Waals surface area contributed by atoms with Crippen molar-refractivity contribution in [1.82, 2.24) is 0 Å². The Morgan fingerprint density at radius 3 is 2.00 bits per heavy atom. The number of carbonyl (C=O) groups excluding carboxylic acids is 1. The first-order valence-electron chi connectivity index (χ1n) is 5.51. The highest BCUT2D eigenvalue weighted by molar-refractivity contribution is 5.77. The predicted molar refractivity (Wildman–Crippen MR) is 61.1 cm³/mol. The van der Waals surface area contributed by atoms with Gasteiger partial charge in [-0.1, -0.05) is 6.92 Å². The van der Waals surface area contributed by atoms with E-state index in [0.717, 1.165) is 0 Å². The fourth-order valence-corrected chi connectivity index (χ4v) is 1.36. The van der Waals surface area contributed by atoms with E-state index in [-0.39, 0.29) is 5.97 Å². The van der Waals surface area contributed by atoms with Crippen LogP contribution in [0.1, 0.15) is 47.0 Å². The molecule has 0 saturated heterocycles. The summed E-state index contributed by atoms with van der Waals surface area (Å²) in [6, 6.07) is 0. The summed E-state index contributed by atoms with van der Waals surface area (Å²) in [5.41, 5.74) is -1.38. The van der Waals surface area contributed by atoms with Gasteiger partial charge >= 0.3 is 11.9 Å². The molecule has 1 N–H and O–H groups in total. The minimum atomic E-state index is -0.837. The van der Waals surface area contributed by atoms with Gasteiger partial charge in [-0.15, -0.1) is 0 Å². The third-order valence-electron chi connectivity index (χ3n) is 3.34. The van der Waals surface area contributed by atoms with Crippen LogP contribution in [-0.2, 0) is 14.3 Å². The van der Waals surface area contributed by atoms with E-state index >= 15 is 0 Å². The number of esters is 1. The molecule has 0 aromatic carbocycles. The van der Waals surface area contributed by atoms with E-state index in [9.17, 15) is 9.59 Å². The van der Waals surface area contributed by atoms with Crippen molar-refractivity contribution in [3.63, 3.8) is 0 Å². The molecule has 0 radical (unpaired) electrons. The van der Waals surface area contributed by atoms with Gasteiger partial charge in [0, 0.05) is 0 Å². The summed E-state index contributed by atoms with van der Waals surface area (Å²) in [5.74, 6) is -1.10. The van der Waals surface area contributed by atoms with Gasteiger partial charge in [-0.05, 0) is 40.0 Å². The molecule has 0 saturated carbocycles. The first-order valence-corrected chi connectivity index (χ1v) is 5.51. The minimum Gasteiger partial charge on any atom is -0.481 e. The van der Waals surface area contributed by atoms with Crippen LogP contribution in [0.4, 0.5) is 0 Å². The summed E-state index contributed by atoms with van der Waals surface area (Å²) in [4.78, 5) is 22.5. The molecule has 16 heavy (non-hydrogen) atoms. The molecule has 1 unspecified atom stereocenters. The molecule has 0 bridgehead atoms. The molecule has 94 valence electrons. The number of ether oxygens (including phenoxy) is 1. The van der Waals surface area contributed by atoms with E-state index in [1.807, 2.05) is 13.8 Å². The van der Waals surface area contributed by atoms with Gasteiger partial charge in [0.2, 0.25) is 0 Å². The molecule has 0 fully saturated rings. The fourth-order valence-electron chi connectivity index (χ4n) is 1.36. The van der Waals surface area contributed by atoms with Crippen molar-refractivity contribution in [3.05, 3.63) is 0 Å². The number of hydrogen-bond acceptors (Lipinski definition) is 3. The Kier molecular flexibility index (Phi) is 4.97. The molecule has 0 heterocycles. The highest BCUT2D eigenvalue weighted by Crippen LogP contribution is 2.34. The Balaban J connectivity index is 4.58. The molecular formula is C12H22O4. The molecule has 4 heteroatoms. The molecule has 0 aromatic rings. The second kappa shape index (κ2) is 5.32. The van der Waals surface area contributed by atoms with Gasteiger partial charge in [0.15, 0.2) is 0 Å². The minimum absolute atomic E-state index is 0.267. The van der Waals surface area contributed by atoms with E-state index in [1.165, 1.54) is 7.11 Å². The van der Waals surface area contributed by atoms with Crippen molar-refractivity contribution in [1.29, 1.82) is 0 Å². The number of hydrogen-bond donors (Lipinski definition) is 1. The molecule has 0 aliphatic carbocycles. The lowest BCUT2D eigenvalue weighted by Crippen LogP contribution is -2.32. The summed E-state index contributed by atoms with van der Waals surface area (Å²) >= 11 is 0. The standard InChI is InChI=1S/C12H22O4/c1-6-12(4,10(15)16-5)8-7-11(2,3)9(13)14/h6-8H2,1-5H3,(H,13,14). The highest BCUT2D eigenvalue weighted by atomic mass is 16.5. The average Bonchev–Trinajstić information content (AvgIpc) is 2.24. The number of carbonyl (C=O) groups is 2. The smallest absolute Gasteiger partial charge is 0.311 e. The van der Waals surface area contributed by atoms with Crippen LogP contribution in [0.3, 0.4) is 0 Å². The second-order valence-corrected chi connectivity index (χ2v) is 5.09. The monoisotopic (exact) mass is 230 g/mol. The van der Waals surface area contributed by atoms with Crippen molar-refractivity contribution in [2.45, 2.75) is 47.0 Å². The van der Waals surface area contributed by atoms with Crippen LogP contribution in [0.15, 0.2) is 0 Å². The van der Waals surface area contributed by atoms with E-state index in [1.54, 1.807) is 13.8 Å². The molecule has 0 aliphatic heterocycles. The Morgan fingerprint density at radius 1 is 1.19 bits per heavy atom. The van der Waals surface area contributed by atoms with Crippen LogP contribution in [0.25, 0.3) is 0 Å². The Bertz CT molecular complexity index is 270. The van der Waals surface area contributed by atoms with Crippen molar-refractivity contribution >= 4 is 11.9 Å². The molecule has 1 atom stereocenters. The van der Waals surface area contributed by atoms with Gasteiger partial charge in [0.25, 0.3) is 0 Å². The van der Waals surface area contributed by atoms with Crippen LogP contribution in [0, 0.1) is 10.8 Å². The maximum Gasteiger partial charge on any atom is 0.311 e. The SMILES string of the molecule is CCC(C)(CCC(C)(C)C(=O)O)C(=O)OC. The van der Waals surface area contributed by atoms with Crippen LogP contribution < -0.4 is 0 Å². The lowest BCUT2D eigenvalue weighted by atomic mass is 9.76. The van der Waals surface area contributed by atoms with Crippen molar-refractivity contribution in [2.24, 2.45) is 10.8 Å². The van der Waals surface area contributed by atoms with Crippen molar-refractivity contribution < 1.29 is 19.4 Å². The van der Waals surface area contributed by atoms with Crippen LogP contribution in [-0.4, -0.2) is 24.2 Å². The Hall–Kier alpha value is -1.06. The maximum absolute atomic E-state index is 11.6. The number of carboxylic acids is 1. The molecule has 0 aliphatic rings. The lowest BCUT2D eigenvalue weighted by molar-refractivity contribution is -0.155. The van der Waals surface area contributed by atoms with Crippen molar-refractivity contribution in [2.75, 3.05) is 7.11 Å². The van der Waals surface area contributed by atoms with E-state index in [2.05, 4.69) is 0 Å². The Morgan fingerprint density at radius 2 is 1.69 bits per heavy atom. The zero-order valence-electron chi connectivity index (χ0n) is 10.8. The van der Waals surface area contributed by atoms with Crippen LogP contribution in [0.5, 0.6) is 0 Å². The highest BCUT2D eigenvalue weighted by Gasteiger charge is 2.36. The molecule has 0 amide bonds. The van der Waals surface area contributed by atoms with E-state index < -0.39 is 16.8 Å². The maximum atomic E-state index is 11.6. The quantitative estimate of drug-likeness (QED) is 0.712. The Labute approximate surface area is 97.0 Å². The lowest BCUT2D eigenvalue weighted by Gasteiger charge is -2.28. The third-order valence-corrected chi connectivity index (χ3v) is 3.34. The predicted octanol–water partition coefficient (Wildman–Crippen LogP) is 2.47. The third kappa shape index (κ3) is 3.51. The number of rotatable bonds is 6. The summed E-state index contributed by atoms with van der Waals surface area (Å²) in [6.45, 7) is 7.06. The number of aliphatic carboxylic acids is 1. The summed E-state index contributed by atoms with van der Waals surface area (Å²) in [6.07, 6.45) is 1.63. The topological polar surface area (TPSA) is 63.6 Å². The van der Waals surface area contributed by atoms with Gasteiger partial charge in [0.1, 0.15) is 0 Å². The molecule has 0 aromatic heterocycles.